The van der Waals surface area contributed by atoms with Crippen molar-refractivity contribution in [3.05, 3.63) is 23.7 Å². The molecule has 7 heteroatoms. The van der Waals surface area contributed by atoms with Gasteiger partial charge < -0.3 is 14.4 Å². The Kier molecular flexibility index (Phi) is 4.81. The summed E-state index contributed by atoms with van der Waals surface area (Å²) in [4.78, 5) is 13.7. The van der Waals surface area contributed by atoms with E-state index >= 15 is 0 Å². The first-order valence-electron chi connectivity index (χ1n) is 6.02. The third-order valence-electron chi connectivity index (χ3n) is 3.07. The Morgan fingerprint density at radius 1 is 1.58 bits per heavy atom. The minimum atomic E-state index is -2.46. The van der Waals surface area contributed by atoms with Crippen molar-refractivity contribution in [1.82, 2.24) is 4.90 Å². The van der Waals surface area contributed by atoms with Gasteiger partial charge in [-0.3, -0.25) is 4.79 Å². The van der Waals surface area contributed by atoms with Crippen molar-refractivity contribution < 1.29 is 23.1 Å². The van der Waals surface area contributed by atoms with E-state index in [0.29, 0.717) is 24.1 Å². The Hall–Kier alpha value is -1.08. The maximum Gasteiger partial charge on any atom is 0.289 e. The Labute approximate surface area is 113 Å². The van der Waals surface area contributed by atoms with Gasteiger partial charge in [-0.1, -0.05) is 11.8 Å². The Balaban J connectivity index is 1.99. The van der Waals surface area contributed by atoms with Crippen molar-refractivity contribution >= 4 is 17.7 Å². The highest BCUT2D eigenvalue weighted by Crippen LogP contribution is 2.24. The molecule has 1 atom stereocenters. The molecule has 106 valence electrons. The topological polar surface area (TPSA) is 53.7 Å². The molecule has 0 aliphatic carbocycles. The molecule has 1 aromatic rings. The first kappa shape index (κ1) is 14.3. The van der Waals surface area contributed by atoms with E-state index < -0.39 is 5.76 Å². The highest BCUT2D eigenvalue weighted by molar-refractivity contribution is 7.98. The molecule has 4 nitrogen and oxygen atoms in total. The lowest BCUT2D eigenvalue weighted by molar-refractivity contribution is 0.0644. The fourth-order valence-corrected chi connectivity index (χ4v) is 2.60. The monoisotopic (exact) mass is 291 g/mol. The number of nitrogens with zero attached hydrogens (tertiary/aromatic N) is 1. The zero-order chi connectivity index (χ0) is 13.8. The molecular formula is C12H15F2NO3S. The molecule has 19 heavy (non-hydrogen) atoms. The lowest BCUT2D eigenvalue weighted by atomic mass is 10.2. The van der Waals surface area contributed by atoms with Crippen LogP contribution in [-0.4, -0.2) is 40.9 Å². The Bertz CT molecular complexity index is 438. The largest absolute Gasteiger partial charge is 0.455 e. The lowest BCUT2D eigenvalue weighted by Gasteiger charge is -2.21. The van der Waals surface area contributed by atoms with Gasteiger partial charge in [-0.25, -0.2) is 0 Å². The number of alkyl halides is 2. The number of hydrogen-bond donors (Lipinski definition) is 1. The first-order chi connectivity index (χ1) is 9.11. The van der Waals surface area contributed by atoms with E-state index in [1.54, 1.807) is 4.90 Å². The second-order valence-corrected chi connectivity index (χ2v) is 5.29. The third-order valence-corrected chi connectivity index (χ3v) is 3.78. The number of hydrogen-bond acceptors (Lipinski definition) is 4. The van der Waals surface area contributed by atoms with Gasteiger partial charge in [0.2, 0.25) is 0 Å². The van der Waals surface area contributed by atoms with E-state index in [0.717, 1.165) is 12.8 Å². The van der Waals surface area contributed by atoms with Crippen LogP contribution in [-0.2, 0) is 5.75 Å². The van der Waals surface area contributed by atoms with Crippen LogP contribution in [0, 0.1) is 0 Å². The maximum absolute atomic E-state index is 12.1. The molecule has 2 rings (SSSR count). The summed E-state index contributed by atoms with van der Waals surface area (Å²) >= 11 is 0.455. The summed E-state index contributed by atoms with van der Waals surface area (Å²) in [5.41, 5.74) is 0. The van der Waals surface area contributed by atoms with E-state index in [1.807, 2.05) is 0 Å². The average Bonchev–Trinajstić information content (AvgIpc) is 3.04. The van der Waals surface area contributed by atoms with Crippen LogP contribution in [0.25, 0.3) is 0 Å². The van der Waals surface area contributed by atoms with Gasteiger partial charge in [-0.2, -0.15) is 8.78 Å². The predicted molar refractivity (Wildman–Crippen MR) is 67.2 cm³/mol. The van der Waals surface area contributed by atoms with Crippen LogP contribution in [0.5, 0.6) is 0 Å². The molecule has 1 unspecified atom stereocenters. The molecule has 1 saturated heterocycles. The number of aliphatic hydroxyl groups is 1. The normalized spacial score (nSPS) is 19.4. The van der Waals surface area contributed by atoms with Crippen molar-refractivity contribution in [2.75, 3.05) is 13.2 Å². The van der Waals surface area contributed by atoms with Crippen molar-refractivity contribution in [1.29, 1.82) is 0 Å². The number of likely N-dealkylation sites (tertiary alicyclic amines) is 1. The summed E-state index contributed by atoms with van der Waals surface area (Å²) in [7, 11) is 0. The third kappa shape index (κ3) is 3.48. The van der Waals surface area contributed by atoms with Crippen LogP contribution < -0.4 is 0 Å². The number of halogens is 2. The zero-order valence-electron chi connectivity index (χ0n) is 10.2. The predicted octanol–water partition coefficient (Wildman–Crippen LogP) is 2.33. The number of aliphatic hydroxyl groups excluding tert-OH is 1. The van der Waals surface area contributed by atoms with Crippen molar-refractivity contribution in [3.63, 3.8) is 0 Å². The fraction of sp³-hybridized carbons (Fsp3) is 0.583. The number of thioether (sulfide) groups is 1. The molecule has 0 saturated carbocycles. The number of carbonyl (C=O) groups is 1. The summed E-state index contributed by atoms with van der Waals surface area (Å²) < 4.78 is 29.4. The van der Waals surface area contributed by atoms with Gasteiger partial charge in [-0.05, 0) is 25.0 Å². The molecule has 1 aliphatic rings. The smallest absolute Gasteiger partial charge is 0.289 e. The molecule has 1 N–H and O–H groups in total. The zero-order valence-corrected chi connectivity index (χ0v) is 11.0. The van der Waals surface area contributed by atoms with Gasteiger partial charge in [0.05, 0.1) is 18.4 Å². The van der Waals surface area contributed by atoms with Crippen LogP contribution in [0.2, 0.25) is 0 Å². The second kappa shape index (κ2) is 6.38. The van der Waals surface area contributed by atoms with Gasteiger partial charge in [0.25, 0.3) is 11.7 Å². The van der Waals surface area contributed by atoms with E-state index in [9.17, 15) is 18.7 Å². The van der Waals surface area contributed by atoms with Crippen molar-refractivity contribution in [2.45, 2.75) is 30.4 Å². The van der Waals surface area contributed by atoms with Crippen molar-refractivity contribution in [2.24, 2.45) is 0 Å². The summed E-state index contributed by atoms with van der Waals surface area (Å²) in [5.74, 6) is -2.21. The van der Waals surface area contributed by atoms with E-state index in [1.165, 1.54) is 12.1 Å². The molecule has 2 heterocycles. The molecule has 1 aliphatic heterocycles. The van der Waals surface area contributed by atoms with Crippen LogP contribution in [0.3, 0.4) is 0 Å². The SMILES string of the molecule is O=C(c1ccc(CSC(F)F)o1)N1CCCC1CO. The summed E-state index contributed by atoms with van der Waals surface area (Å²) in [6.07, 6.45) is 1.63. The van der Waals surface area contributed by atoms with Crippen LogP contribution in [0.4, 0.5) is 8.78 Å². The van der Waals surface area contributed by atoms with Crippen LogP contribution in [0.1, 0.15) is 29.2 Å². The minimum absolute atomic E-state index is 0.0361. The molecule has 1 fully saturated rings. The summed E-state index contributed by atoms with van der Waals surface area (Å²) in [6, 6.07) is 2.86. The van der Waals surface area contributed by atoms with Gasteiger partial charge in [-0.15, -0.1) is 0 Å². The molecule has 1 aromatic heterocycles. The standard InChI is InChI=1S/C12H15F2NO3S/c13-12(14)19-7-9-3-4-10(18-9)11(17)15-5-1-2-8(15)6-16/h3-4,8,12,16H,1-2,5-7H2. The molecule has 0 radical (unpaired) electrons. The second-order valence-electron chi connectivity index (χ2n) is 4.31. The van der Waals surface area contributed by atoms with Gasteiger partial charge in [0, 0.05) is 6.54 Å². The molecule has 0 aromatic carbocycles. The van der Waals surface area contributed by atoms with Crippen molar-refractivity contribution in [3.8, 4) is 0 Å². The number of rotatable bonds is 5. The summed E-state index contributed by atoms with van der Waals surface area (Å²) in [6.45, 7) is 0.520. The maximum atomic E-state index is 12.1. The fourth-order valence-electron chi connectivity index (χ4n) is 2.15. The van der Waals surface area contributed by atoms with Gasteiger partial charge in [0.15, 0.2) is 5.76 Å². The van der Waals surface area contributed by atoms with Gasteiger partial charge in [0.1, 0.15) is 5.76 Å². The Morgan fingerprint density at radius 2 is 2.37 bits per heavy atom. The van der Waals surface area contributed by atoms with E-state index in [-0.39, 0.29) is 30.1 Å². The van der Waals surface area contributed by atoms with E-state index in [2.05, 4.69) is 0 Å². The highest BCUT2D eigenvalue weighted by Gasteiger charge is 2.30. The lowest BCUT2D eigenvalue weighted by Crippen LogP contribution is -2.37. The number of amides is 1. The van der Waals surface area contributed by atoms with Gasteiger partial charge >= 0.3 is 0 Å². The molecule has 0 spiro atoms. The minimum Gasteiger partial charge on any atom is -0.455 e. The number of carbonyl (C=O) groups excluding carboxylic acids is 1. The quantitative estimate of drug-likeness (QED) is 0.904. The van der Waals surface area contributed by atoms with Crippen LogP contribution >= 0.6 is 11.8 Å². The molecule has 1 amide bonds. The summed E-state index contributed by atoms with van der Waals surface area (Å²) in [5, 5.41) is 9.17. The Morgan fingerprint density at radius 3 is 3.05 bits per heavy atom. The molecule has 0 bridgehead atoms. The van der Waals surface area contributed by atoms with E-state index in [4.69, 9.17) is 4.42 Å². The number of furan rings is 1. The highest BCUT2D eigenvalue weighted by atomic mass is 32.2. The molecular weight excluding hydrogens is 276 g/mol. The average molecular weight is 291 g/mol. The first-order valence-corrected chi connectivity index (χ1v) is 7.07. The van der Waals surface area contributed by atoms with Crippen LogP contribution in [0.15, 0.2) is 16.5 Å².